The Kier molecular flexibility index (Phi) is 5.09. The molecule has 1 heterocycles. The molecule has 3 rings (SSSR count). The number of halogens is 1. The van der Waals surface area contributed by atoms with E-state index >= 15 is 0 Å². The van der Waals surface area contributed by atoms with E-state index in [1.165, 1.54) is 24.3 Å². The lowest BCUT2D eigenvalue weighted by Gasteiger charge is -2.13. The highest BCUT2D eigenvalue weighted by molar-refractivity contribution is 6.30. The first kappa shape index (κ1) is 17.8. The molecular weight excluding hydrogens is 360 g/mol. The summed E-state index contributed by atoms with van der Waals surface area (Å²) in [5.74, 6) is 0.334. The van der Waals surface area contributed by atoms with Gasteiger partial charge >= 0.3 is 0 Å². The lowest BCUT2D eigenvalue weighted by Crippen LogP contribution is -2.24. The fraction of sp³-hybridized carbons (Fsp3) is 0.167. The van der Waals surface area contributed by atoms with Crippen molar-refractivity contribution < 1.29 is 19.2 Å². The molecule has 1 aliphatic rings. The summed E-state index contributed by atoms with van der Waals surface area (Å²) >= 11 is 5.95. The third kappa shape index (κ3) is 3.94. The second kappa shape index (κ2) is 7.45. The maximum atomic E-state index is 12.1. The number of rotatable bonds is 5. The Balaban J connectivity index is 1.75. The summed E-state index contributed by atoms with van der Waals surface area (Å²) in [6.45, 7) is 1.83. The lowest BCUT2D eigenvalue weighted by molar-refractivity contribution is -0.385. The summed E-state index contributed by atoms with van der Waals surface area (Å²) in [4.78, 5) is 22.8. The summed E-state index contributed by atoms with van der Waals surface area (Å²) in [6.07, 6.45) is 2.62. The van der Waals surface area contributed by atoms with Crippen LogP contribution in [0.2, 0.25) is 5.02 Å². The third-order valence-electron chi connectivity index (χ3n) is 3.84. The maximum absolute atomic E-state index is 12.1. The first-order valence-corrected chi connectivity index (χ1v) is 8.14. The summed E-state index contributed by atoms with van der Waals surface area (Å²) in [5, 5.41) is 14.6. The zero-order valence-corrected chi connectivity index (χ0v) is 14.5. The van der Waals surface area contributed by atoms with Gasteiger partial charge in [0.25, 0.3) is 5.69 Å². The standard InChI is InChI=1S/C18H15ClN2O5/c1-11(12-3-2-4-14(19)7-12)20-18(22)6-5-13-8-16-17(26-10-25-16)9-15(13)21(23)24/h2-9,11H,10H2,1H3,(H,20,22)/b6-5+/t11-/m1/s1. The van der Waals surface area contributed by atoms with Gasteiger partial charge in [0.05, 0.1) is 22.6 Å². The molecule has 1 amide bonds. The van der Waals surface area contributed by atoms with Crippen LogP contribution in [0.25, 0.3) is 6.08 Å². The van der Waals surface area contributed by atoms with Crippen molar-refractivity contribution in [2.45, 2.75) is 13.0 Å². The Labute approximate surface area is 154 Å². The average molecular weight is 375 g/mol. The molecule has 2 aromatic rings. The fourth-order valence-electron chi connectivity index (χ4n) is 2.52. The van der Waals surface area contributed by atoms with Crippen LogP contribution in [-0.4, -0.2) is 17.6 Å². The first-order valence-electron chi connectivity index (χ1n) is 7.76. The van der Waals surface area contributed by atoms with Gasteiger partial charge < -0.3 is 14.8 Å². The van der Waals surface area contributed by atoms with Crippen LogP contribution in [-0.2, 0) is 4.79 Å². The topological polar surface area (TPSA) is 90.7 Å². The van der Waals surface area contributed by atoms with Crippen molar-refractivity contribution in [3.63, 3.8) is 0 Å². The van der Waals surface area contributed by atoms with E-state index in [0.717, 1.165) is 5.56 Å². The molecule has 0 fully saturated rings. The summed E-state index contributed by atoms with van der Waals surface area (Å²) in [6, 6.07) is 9.66. The molecule has 1 atom stereocenters. The number of benzene rings is 2. The fourth-order valence-corrected chi connectivity index (χ4v) is 2.72. The minimum atomic E-state index is -0.534. The molecule has 134 valence electrons. The van der Waals surface area contributed by atoms with Crippen LogP contribution in [0.5, 0.6) is 11.5 Å². The Morgan fingerprint density at radius 1 is 1.31 bits per heavy atom. The molecule has 0 bridgehead atoms. The maximum Gasteiger partial charge on any atom is 0.280 e. The van der Waals surface area contributed by atoms with E-state index in [-0.39, 0.29) is 30.0 Å². The van der Waals surface area contributed by atoms with Gasteiger partial charge in [0.15, 0.2) is 11.5 Å². The number of hydrogen-bond acceptors (Lipinski definition) is 5. The van der Waals surface area contributed by atoms with Gasteiger partial charge in [-0.15, -0.1) is 0 Å². The van der Waals surface area contributed by atoms with Crippen LogP contribution >= 0.6 is 11.6 Å². The van der Waals surface area contributed by atoms with E-state index in [2.05, 4.69) is 5.32 Å². The minimum Gasteiger partial charge on any atom is -0.454 e. The van der Waals surface area contributed by atoms with E-state index in [1.807, 2.05) is 13.0 Å². The molecule has 0 saturated heterocycles. The Morgan fingerprint density at radius 2 is 2.04 bits per heavy atom. The molecule has 0 radical (unpaired) electrons. The number of nitrogens with one attached hydrogen (secondary N) is 1. The molecule has 1 N–H and O–H groups in total. The van der Waals surface area contributed by atoms with Crippen LogP contribution in [0.4, 0.5) is 5.69 Å². The van der Waals surface area contributed by atoms with Gasteiger partial charge in [-0.2, -0.15) is 0 Å². The Morgan fingerprint density at radius 3 is 2.73 bits per heavy atom. The van der Waals surface area contributed by atoms with Gasteiger partial charge in [-0.25, -0.2) is 0 Å². The van der Waals surface area contributed by atoms with E-state index in [9.17, 15) is 14.9 Å². The molecule has 0 spiro atoms. The summed E-state index contributed by atoms with van der Waals surface area (Å²) in [7, 11) is 0. The van der Waals surface area contributed by atoms with Crippen LogP contribution in [0.15, 0.2) is 42.5 Å². The van der Waals surface area contributed by atoms with Crippen LogP contribution in [0.1, 0.15) is 24.1 Å². The largest absolute Gasteiger partial charge is 0.454 e. The highest BCUT2D eigenvalue weighted by Gasteiger charge is 2.22. The molecule has 0 aromatic heterocycles. The van der Waals surface area contributed by atoms with Gasteiger partial charge in [-0.1, -0.05) is 23.7 Å². The predicted molar refractivity (Wildman–Crippen MR) is 96.3 cm³/mol. The number of carbonyl (C=O) groups is 1. The van der Waals surface area contributed by atoms with Gasteiger partial charge in [-0.05, 0) is 36.8 Å². The molecule has 26 heavy (non-hydrogen) atoms. The smallest absolute Gasteiger partial charge is 0.280 e. The summed E-state index contributed by atoms with van der Waals surface area (Å²) < 4.78 is 10.4. The number of amides is 1. The average Bonchev–Trinajstić information content (AvgIpc) is 3.06. The van der Waals surface area contributed by atoms with Crippen molar-refractivity contribution in [1.29, 1.82) is 0 Å². The number of hydrogen-bond donors (Lipinski definition) is 1. The van der Waals surface area contributed by atoms with Crippen molar-refractivity contribution in [3.8, 4) is 11.5 Å². The number of nitrogens with zero attached hydrogens (tertiary/aromatic N) is 1. The quantitative estimate of drug-likeness (QED) is 0.487. The minimum absolute atomic E-state index is 0.0112. The van der Waals surface area contributed by atoms with E-state index < -0.39 is 4.92 Å². The van der Waals surface area contributed by atoms with E-state index in [1.54, 1.807) is 18.2 Å². The highest BCUT2D eigenvalue weighted by atomic mass is 35.5. The van der Waals surface area contributed by atoms with Gasteiger partial charge in [0, 0.05) is 11.1 Å². The Hall–Kier alpha value is -3.06. The zero-order chi connectivity index (χ0) is 18.7. The molecule has 1 aliphatic heterocycles. The zero-order valence-electron chi connectivity index (χ0n) is 13.8. The molecule has 0 unspecified atom stereocenters. The number of nitro benzene ring substituents is 1. The SMILES string of the molecule is C[C@@H](NC(=O)/C=C/c1cc2c(cc1[N+](=O)[O-])OCO2)c1cccc(Cl)c1. The van der Waals surface area contributed by atoms with Crippen molar-refractivity contribution in [3.05, 3.63) is 68.7 Å². The molecule has 2 aromatic carbocycles. The first-order chi connectivity index (χ1) is 12.4. The van der Waals surface area contributed by atoms with Crippen LogP contribution in [0.3, 0.4) is 0 Å². The van der Waals surface area contributed by atoms with Crippen molar-refractivity contribution >= 4 is 29.3 Å². The monoisotopic (exact) mass is 374 g/mol. The molecule has 8 heteroatoms. The lowest BCUT2D eigenvalue weighted by atomic mass is 10.1. The third-order valence-corrected chi connectivity index (χ3v) is 4.08. The number of nitro groups is 1. The van der Waals surface area contributed by atoms with Crippen LogP contribution < -0.4 is 14.8 Å². The highest BCUT2D eigenvalue weighted by Crippen LogP contribution is 2.38. The molecule has 7 nitrogen and oxygen atoms in total. The second-order valence-corrected chi connectivity index (χ2v) is 6.08. The number of ether oxygens (including phenoxy) is 2. The molecule has 0 saturated carbocycles. The van der Waals surface area contributed by atoms with Crippen molar-refractivity contribution in [2.75, 3.05) is 6.79 Å². The van der Waals surface area contributed by atoms with Gasteiger partial charge in [0.2, 0.25) is 12.7 Å². The van der Waals surface area contributed by atoms with Crippen LogP contribution in [0, 0.1) is 10.1 Å². The van der Waals surface area contributed by atoms with Crippen molar-refractivity contribution in [2.24, 2.45) is 0 Å². The number of carbonyl (C=O) groups excluding carboxylic acids is 1. The Bertz CT molecular complexity index is 897. The van der Waals surface area contributed by atoms with Gasteiger partial charge in [0.1, 0.15) is 0 Å². The molecular formula is C18H15ClN2O5. The summed E-state index contributed by atoms with van der Waals surface area (Å²) in [5.41, 5.74) is 0.944. The van der Waals surface area contributed by atoms with E-state index in [4.69, 9.17) is 21.1 Å². The normalized spacial score (nSPS) is 13.6. The van der Waals surface area contributed by atoms with Gasteiger partial charge in [-0.3, -0.25) is 14.9 Å². The molecule has 0 aliphatic carbocycles. The second-order valence-electron chi connectivity index (χ2n) is 5.64. The van der Waals surface area contributed by atoms with Crippen molar-refractivity contribution in [1.82, 2.24) is 5.32 Å². The predicted octanol–water partition coefficient (Wildman–Crippen LogP) is 3.87. The number of fused-ring (bicyclic) bond motifs is 1. The van der Waals surface area contributed by atoms with E-state index in [0.29, 0.717) is 16.5 Å².